The third-order valence-corrected chi connectivity index (χ3v) is 5.20. The van der Waals surface area contributed by atoms with Crippen molar-refractivity contribution in [2.24, 2.45) is 0 Å². The highest BCUT2D eigenvalue weighted by atomic mass is 79.9. The first-order valence-electron chi connectivity index (χ1n) is 8.31. The van der Waals surface area contributed by atoms with E-state index in [2.05, 4.69) is 26.1 Å². The minimum atomic E-state index is -0.620. The molecule has 2 aromatic carbocycles. The van der Waals surface area contributed by atoms with Crippen LogP contribution in [0.5, 0.6) is 0 Å². The number of piperazine rings is 1. The molecule has 7 heteroatoms. The number of anilines is 2. The number of hydrogen-bond donors (Lipinski definition) is 1. The topological polar surface area (TPSA) is 52.7 Å². The summed E-state index contributed by atoms with van der Waals surface area (Å²) in [7, 11) is 0. The zero-order valence-corrected chi connectivity index (χ0v) is 16.7. The van der Waals surface area contributed by atoms with Crippen molar-refractivity contribution in [1.82, 2.24) is 4.90 Å². The van der Waals surface area contributed by atoms with Crippen molar-refractivity contribution in [2.75, 3.05) is 36.4 Å². The Hall–Kier alpha value is -2.05. The summed E-state index contributed by atoms with van der Waals surface area (Å²) >= 11 is 9.44. The molecule has 0 radical (unpaired) electrons. The lowest BCUT2D eigenvalue weighted by molar-refractivity contribution is -0.143. The largest absolute Gasteiger partial charge is 0.368 e. The standard InChI is InChI=1S/C19H19BrClN3O2/c1-13-5-6-17(16(20)11-13)22-18(25)19(26)24-9-7-23(8-10-24)15-4-2-3-14(21)12-15/h2-6,11-12H,7-10H2,1H3,(H,22,25). The van der Waals surface area contributed by atoms with E-state index in [1.165, 1.54) is 0 Å². The van der Waals surface area contributed by atoms with E-state index in [1.807, 2.05) is 43.3 Å². The highest BCUT2D eigenvalue weighted by Crippen LogP contribution is 2.24. The number of amides is 2. The Morgan fingerprint density at radius 1 is 1.08 bits per heavy atom. The van der Waals surface area contributed by atoms with Crippen molar-refractivity contribution in [3.05, 3.63) is 57.5 Å². The quantitative estimate of drug-likeness (QED) is 0.731. The van der Waals surface area contributed by atoms with Gasteiger partial charge < -0.3 is 15.1 Å². The number of carbonyl (C=O) groups is 2. The second kappa shape index (κ2) is 8.10. The first-order chi connectivity index (χ1) is 12.4. The van der Waals surface area contributed by atoms with Gasteiger partial charge in [-0.25, -0.2) is 0 Å². The van der Waals surface area contributed by atoms with Gasteiger partial charge in [0.1, 0.15) is 0 Å². The molecular weight excluding hydrogens is 418 g/mol. The van der Waals surface area contributed by atoms with Gasteiger partial charge in [-0.1, -0.05) is 23.7 Å². The lowest BCUT2D eigenvalue weighted by Crippen LogP contribution is -2.51. The molecule has 3 rings (SSSR count). The van der Waals surface area contributed by atoms with E-state index in [0.717, 1.165) is 15.7 Å². The van der Waals surface area contributed by atoms with Crippen molar-refractivity contribution >= 4 is 50.7 Å². The van der Waals surface area contributed by atoms with E-state index < -0.39 is 11.8 Å². The van der Waals surface area contributed by atoms with Crippen molar-refractivity contribution in [2.45, 2.75) is 6.92 Å². The fourth-order valence-electron chi connectivity index (χ4n) is 2.88. The number of nitrogens with one attached hydrogen (secondary N) is 1. The molecule has 1 N–H and O–H groups in total. The molecule has 5 nitrogen and oxygen atoms in total. The van der Waals surface area contributed by atoms with Crippen LogP contribution in [0.1, 0.15) is 5.56 Å². The molecule has 0 aromatic heterocycles. The normalized spacial score (nSPS) is 14.3. The molecule has 2 aromatic rings. The number of aryl methyl sites for hydroxylation is 1. The van der Waals surface area contributed by atoms with Crippen LogP contribution in [0.25, 0.3) is 0 Å². The number of nitrogens with zero attached hydrogens (tertiary/aromatic N) is 2. The summed E-state index contributed by atoms with van der Waals surface area (Å²) in [6.07, 6.45) is 0. The fraction of sp³-hybridized carbons (Fsp3) is 0.263. The maximum absolute atomic E-state index is 12.4. The van der Waals surface area contributed by atoms with Gasteiger partial charge in [-0.2, -0.15) is 0 Å². The molecule has 0 atom stereocenters. The predicted octanol–water partition coefficient (Wildman–Crippen LogP) is 3.70. The predicted molar refractivity (Wildman–Crippen MR) is 108 cm³/mol. The number of carbonyl (C=O) groups excluding carboxylic acids is 2. The molecular formula is C19H19BrClN3O2. The summed E-state index contributed by atoms with van der Waals surface area (Å²) in [4.78, 5) is 28.5. The highest BCUT2D eigenvalue weighted by Gasteiger charge is 2.26. The molecule has 2 amide bonds. The maximum atomic E-state index is 12.4. The van der Waals surface area contributed by atoms with E-state index in [9.17, 15) is 9.59 Å². The van der Waals surface area contributed by atoms with Gasteiger partial charge in [0.05, 0.1) is 5.69 Å². The van der Waals surface area contributed by atoms with Crippen LogP contribution in [-0.2, 0) is 9.59 Å². The second-order valence-electron chi connectivity index (χ2n) is 6.20. The summed E-state index contributed by atoms with van der Waals surface area (Å²) in [5.74, 6) is -1.13. The molecule has 26 heavy (non-hydrogen) atoms. The van der Waals surface area contributed by atoms with Crippen LogP contribution in [-0.4, -0.2) is 42.9 Å². The van der Waals surface area contributed by atoms with Crippen LogP contribution in [0, 0.1) is 6.92 Å². The molecule has 136 valence electrons. The van der Waals surface area contributed by atoms with E-state index >= 15 is 0 Å². The van der Waals surface area contributed by atoms with Crippen molar-refractivity contribution in [1.29, 1.82) is 0 Å². The minimum absolute atomic E-state index is 0.494. The third kappa shape index (κ3) is 4.37. The molecule has 1 saturated heterocycles. The second-order valence-corrected chi connectivity index (χ2v) is 7.49. The van der Waals surface area contributed by atoms with Gasteiger partial charge in [-0.3, -0.25) is 9.59 Å². The first-order valence-corrected chi connectivity index (χ1v) is 9.48. The van der Waals surface area contributed by atoms with Crippen molar-refractivity contribution in [3.8, 4) is 0 Å². The van der Waals surface area contributed by atoms with Gasteiger partial charge >= 0.3 is 11.8 Å². The van der Waals surface area contributed by atoms with Crippen LogP contribution >= 0.6 is 27.5 Å². The molecule has 0 saturated carbocycles. The van der Waals surface area contributed by atoms with Gasteiger partial charge in [0.15, 0.2) is 0 Å². The van der Waals surface area contributed by atoms with Gasteiger partial charge in [0.2, 0.25) is 0 Å². The van der Waals surface area contributed by atoms with Crippen molar-refractivity contribution < 1.29 is 9.59 Å². The molecule has 0 spiro atoms. The lowest BCUT2D eigenvalue weighted by atomic mass is 10.2. The SMILES string of the molecule is Cc1ccc(NC(=O)C(=O)N2CCN(c3cccc(Cl)c3)CC2)c(Br)c1. The molecule has 0 aliphatic carbocycles. The van der Waals surface area contributed by atoms with Crippen molar-refractivity contribution in [3.63, 3.8) is 0 Å². The zero-order valence-electron chi connectivity index (χ0n) is 14.3. The van der Waals surface area contributed by atoms with Crippen LogP contribution in [0.4, 0.5) is 11.4 Å². The van der Waals surface area contributed by atoms with Crippen LogP contribution in [0.15, 0.2) is 46.9 Å². The Balaban J connectivity index is 1.58. The Morgan fingerprint density at radius 3 is 2.46 bits per heavy atom. The Bertz CT molecular complexity index is 835. The van der Waals surface area contributed by atoms with Gasteiger partial charge in [0.25, 0.3) is 0 Å². The zero-order chi connectivity index (χ0) is 18.7. The maximum Gasteiger partial charge on any atom is 0.313 e. The lowest BCUT2D eigenvalue weighted by Gasteiger charge is -2.35. The summed E-state index contributed by atoms with van der Waals surface area (Å²) in [6, 6.07) is 13.2. The summed E-state index contributed by atoms with van der Waals surface area (Å²) in [5.41, 5.74) is 2.68. The van der Waals surface area contributed by atoms with E-state index in [-0.39, 0.29) is 0 Å². The van der Waals surface area contributed by atoms with Crippen LogP contribution in [0.2, 0.25) is 5.02 Å². The molecule has 1 aliphatic heterocycles. The third-order valence-electron chi connectivity index (χ3n) is 4.31. The average Bonchev–Trinajstić information content (AvgIpc) is 2.63. The summed E-state index contributed by atoms with van der Waals surface area (Å²) in [5, 5.41) is 3.36. The summed E-state index contributed by atoms with van der Waals surface area (Å²) in [6.45, 7) is 4.27. The van der Waals surface area contributed by atoms with E-state index in [4.69, 9.17) is 11.6 Å². The van der Waals surface area contributed by atoms with Crippen LogP contribution < -0.4 is 10.2 Å². The minimum Gasteiger partial charge on any atom is -0.368 e. The summed E-state index contributed by atoms with van der Waals surface area (Å²) < 4.78 is 0.754. The Labute approximate surface area is 166 Å². The van der Waals surface area contributed by atoms with Gasteiger partial charge in [-0.15, -0.1) is 0 Å². The van der Waals surface area contributed by atoms with Gasteiger partial charge in [-0.05, 0) is 58.7 Å². The number of hydrogen-bond acceptors (Lipinski definition) is 3. The Kier molecular flexibility index (Phi) is 5.84. The number of benzene rings is 2. The fourth-order valence-corrected chi connectivity index (χ4v) is 3.66. The molecule has 1 aliphatic rings. The average molecular weight is 437 g/mol. The molecule has 0 unspecified atom stereocenters. The van der Waals surface area contributed by atoms with Crippen LogP contribution in [0.3, 0.4) is 0 Å². The molecule has 1 fully saturated rings. The smallest absolute Gasteiger partial charge is 0.313 e. The number of halogens is 2. The monoisotopic (exact) mass is 435 g/mol. The first kappa shape index (κ1) is 18.7. The van der Waals surface area contributed by atoms with E-state index in [1.54, 1.807) is 11.0 Å². The van der Waals surface area contributed by atoms with Gasteiger partial charge in [0, 0.05) is 41.4 Å². The number of rotatable bonds is 2. The molecule has 1 heterocycles. The van der Waals surface area contributed by atoms with E-state index in [0.29, 0.717) is 36.9 Å². The highest BCUT2D eigenvalue weighted by molar-refractivity contribution is 9.10. The Morgan fingerprint density at radius 2 is 1.81 bits per heavy atom. The molecule has 0 bridgehead atoms.